The number of hydrogen-bond acceptors (Lipinski definition) is 4. The van der Waals surface area contributed by atoms with Gasteiger partial charge >= 0.3 is 6.09 Å². The zero-order chi connectivity index (χ0) is 14.9. The van der Waals surface area contributed by atoms with Crippen LogP contribution in [0.5, 0.6) is 0 Å². The molecular weight excluding hydrogens is 264 g/mol. The number of thioether (sulfide) groups is 1. The molecule has 0 aliphatic rings. The second kappa shape index (κ2) is 9.07. The van der Waals surface area contributed by atoms with E-state index in [-0.39, 0.29) is 12.3 Å². The van der Waals surface area contributed by atoms with Gasteiger partial charge in [0.25, 0.3) is 0 Å². The molecule has 0 heterocycles. The topological polar surface area (TPSA) is 67.4 Å². The Balaban J connectivity index is 3.61. The fraction of sp³-hybridized carbons (Fsp3) is 0.846. The molecule has 0 aromatic rings. The lowest BCUT2D eigenvalue weighted by molar-refractivity contribution is -0.120. The van der Waals surface area contributed by atoms with E-state index in [1.54, 1.807) is 32.5 Å². The smallest absolute Gasteiger partial charge is 0.407 e. The minimum absolute atomic E-state index is 0.0515. The molecule has 0 radical (unpaired) electrons. The van der Waals surface area contributed by atoms with Crippen LogP contribution in [0.4, 0.5) is 4.79 Å². The quantitative estimate of drug-likeness (QED) is 0.754. The summed E-state index contributed by atoms with van der Waals surface area (Å²) in [6.07, 6.45) is 2.78. The molecule has 0 aliphatic carbocycles. The minimum Gasteiger partial charge on any atom is -0.444 e. The van der Waals surface area contributed by atoms with Gasteiger partial charge in [-0.15, -0.1) is 0 Å². The third-order valence-electron chi connectivity index (χ3n) is 2.30. The lowest BCUT2D eigenvalue weighted by atomic mass is 10.2. The highest BCUT2D eigenvalue weighted by Gasteiger charge is 2.15. The standard InChI is InChI=1S/C13H26N2O3S/c1-10(19-5)6-8-14-11(16)7-9-15-12(17)18-13(2,3)4/h10H,6-9H2,1-5H3,(H,14,16)(H,15,17). The van der Waals surface area contributed by atoms with Gasteiger partial charge in [-0.05, 0) is 33.4 Å². The van der Waals surface area contributed by atoms with Crippen molar-refractivity contribution in [3.63, 3.8) is 0 Å². The second-order valence-corrected chi connectivity index (χ2v) is 6.64. The Bertz CT molecular complexity index is 290. The van der Waals surface area contributed by atoms with E-state index in [0.29, 0.717) is 18.3 Å². The molecule has 0 aromatic heterocycles. The molecule has 0 saturated carbocycles. The van der Waals surface area contributed by atoms with Crippen molar-refractivity contribution in [3.05, 3.63) is 0 Å². The first-order valence-electron chi connectivity index (χ1n) is 6.51. The molecule has 19 heavy (non-hydrogen) atoms. The molecule has 1 unspecified atom stereocenters. The van der Waals surface area contributed by atoms with Gasteiger partial charge in [0.1, 0.15) is 5.60 Å². The molecule has 1 atom stereocenters. The zero-order valence-electron chi connectivity index (χ0n) is 12.5. The van der Waals surface area contributed by atoms with E-state index >= 15 is 0 Å². The Hall–Kier alpha value is -0.910. The number of carbonyl (C=O) groups excluding carboxylic acids is 2. The fourth-order valence-corrected chi connectivity index (χ4v) is 1.57. The van der Waals surface area contributed by atoms with Crippen molar-refractivity contribution in [1.29, 1.82) is 0 Å². The third-order valence-corrected chi connectivity index (χ3v) is 3.34. The molecule has 0 saturated heterocycles. The van der Waals surface area contributed by atoms with Crippen molar-refractivity contribution in [2.75, 3.05) is 19.3 Å². The molecule has 2 amide bonds. The van der Waals surface area contributed by atoms with Gasteiger partial charge in [-0.1, -0.05) is 6.92 Å². The Labute approximate surface area is 120 Å². The third kappa shape index (κ3) is 11.9. The van der Waals surface area contributed by atoms with Crippen LogP contribution in [0.25, 0.3) is 0 Å². The van der Waals surface area contributed by atoms with Gasteiger partial charge in [-0.3, -0.25) is 4.79 Å². The normalized spacial score (nSPS) is 12.7. The molecule has 5 nitrogen and oxygen atoms in total. The van der Waals surface area contributed by atoms with E-state index < -0.39 is 11.7 Å². The molecule has 0 bridgehead atoms. The summed E-state index contributed by atoms with van der Waals surface area (Å²) in [6, 6.07) is 0. The van der Waals surface area contributed by atoms with Gasteiger partial charge < -0.3 is 15.4 Å². The highest BCUT2D eigenvalue weighted by atomic mass is 32.2. The van der Waals surface area contributed by atoms with E-state index in [1.807, 2.05) is 0 Å². The average Bonchev–Trinajstić information content (AvgIpc) is 2.26. The SMILES string of the molecule is CSC(C)CCNC(=O)CCNC(=O)OC(C)(C)C. The van der Waals surface area contributed by atoms with Crippen LogP contribution < -0.4 is 10.6 Å². The Morgan fingerprint density at radius 1 is 1.21 bits per heavy atom. The highest BCUT2D eigenvalue weighted by molar-refractivity contribution is 7.99. The molecule has 112 valence electrons. The maximum atomic E-state index is 11.5. The maximum absolute atomic E-state index is 11.5. The maximum Gasteiger partial charge on any atom is 0.407 e. The van der Waals surface area contributed by atoms with Gasteiger partial charge in [0.2, 0.25) is 5.91 Å². The molecule has 6 heteroatoms. The van der Waals surface area contributed by atoms with Crippen molar-refractivity contribution in [3.8, 4) is 0 Å². The number of alkyl carbamates (subject to hydrolysis) is 1. The summed E-state index contributed by atoms with van der Waals surface area (Å²) in [5, 5.41) is 5.92. The molecule has 0 aliphatic heterocycles. The first-order valence-corrected chi connectivity index (χ1v) is 7.79. The van der Waals surface area contributed by atoms with Gasteiger partial charge in [-0.25, -0.2) is 4.79 Å². The molecule has 2 N–H and O–H groups in total. The predicted molar refractivity (Wildman–Crippen MR) is 79.5 cm³/mol. The zero-order valence-corrected chi connectivity index (χ0v) is 13.4. The van der Waals surface area contributed by atoms with Crippen LogP contribution in [-0.4, -0.2) is 42.2 Å². The van der Waals surface area contributed by atoms with E-state index in [2.05, 4.69) is 23.8 Å². The van der Waals surface area contributed by atoms with Crippen molar-refractivity contribution in [2.45, 2.75) is 51.4 Å². The molecular formula is C13H26N2O3S. The monoisotopic (exact) mass is 290 g/mol. The number of rotatable bonds is 7. The summed E-state index contributed by atoms with van der Waals surface area (Å²) in [5.41, 5.74) is -0.514. The fourth-order valence-electron chi connectivity index (χ4n) is 1.21. The van der Waals surface area contributed by atoms with Crippen molar-refractivity contribution in [2.24, 2.45) is 0 Å². The van der Waals surface area contributed by atoms with Crippen LogP contribution in [0.3, 0.4) is 0 Å². The first kappa shape index (κ1) is 18.1. The van der Waals surface area contributed by atoms with E-state index in [0.717, 1.165) is 6.42 Å². The summed E-state index contributed by atoms with van der Waals surface area (Å²) in [4.78, 5) is 22.8. The first-order chi connectivity index (χ1) is 8.74. The summed E-state index contributed by atoms with van der Waals surface area (Å²) < 4.78 is 5.06. The van der Waals surface area contributed by atoms with Gasteiger partial charge in [0, 0.05) is 24.8 Å². The summed E-state index contributed by atoms with van der Waals surface area (Å²) in [5.74, 6) is -0.0515. The highest BCUT2D eigenvalue weighted by Crippen LogP contribution is 2.08. The number of hydrogen-bond donors (Lipinski definition) is 2. The van der Waals surface area contributed by atoms with Crippen molar-refractivity contribution >= 4 is 23.8 Å². The summed E-state index contributed by atoms with van der Waals surface area (Å²) >= 11 is 1.78. The van der Waals surface area contributed by atoms with Gasteiger partial charge in [0.15, 0.2) is 0 Å². The van der Waals surface area contributed by atoms with Gasteiger partial charge in [0.05, 0.1) is 0 Å². The second-order valence-electron chi connectivity index (χ2n) is 5.36. The lowest BCUT2D eigenvalue weighted by Crippen LogP contribution is -2.35. The van der Waals surface area contributed by atoms with Crippen LogP contribution in [0.1, 0.15) is 40.5 Å². The van der Waals surface area contributed by atoms with Crippen molar-refractivity contribution in [1.82, 2.24) is 10.6 Å². The van der Waals surface area contributed by atoms with Crippen LogP contribution in [0.15, 0.2) is 0 Å². The van der Waals surface area contributed by atoms with E-state index in [1.165, 1.54) is 0 Å². The molecule has 0 rings (SSSR count). The van der Waals surface area contributed by atoms with Crippen LogP contribution in [0, 0.1) is 0 Å². The van der Waals surface area contributed by atoms with Gasteiger partial charge in [-0.2, -0.15) is 11.8 Å². The van der Waals surface area contributed by atoms with E-state index in [9.17, 15) is 9.59 Å². The molecule has 0 spiro atoms. The number of ether oxygens (including phenoxy) is 1. The molecule has 0 fully saturated rings. The van der Waals surface area contributed by atoms with Crippen LogP contribution in [-0.2, 0) is 9.53 Å². The molecule has 0 aromatic carbocycles. The number of nitrogens with one attached hydrogen (secondary N) is 2. The number of carbonyl (C=O) groups is 2. The van der Waals surface area contributed by atoms with Crippen LogP contribution >= 0.6 is 11.8 Å². The lowest BCUT2D eigenvalue weighted by Gasteiger charge is -2.19. The van der Waals surface area contributed by atoms with E-state index in [4.69, 9.17) is 4.74 Å². The summed E-state index contributed by atoms with van der Waals surface area (Å²) in [6.45, 7) is 8.48. The Morgan fingerprint density at radius 3 is 2.37 bits per heavy atom. The number of amides is 2. The van der Waals surface area contributed by atoms with Crippen LogP contribution in [0.2, 0.25) is 0 Å². The minimum atomic E-state index is -0.514. The Kier molecular flexibility index (Phi) is 8.63. The average molecular weight is 290 g/mol. The largest absolute Gasteiger partial charge is 0.444 e. The Morgan fingerprint density at radius 2 is 1.84 bits per heavy atom. The van der Waals surface area contributed by atoms with Crippen molar-refractivity contribution < 1.29 is 14.3 Å². The predicted octanol–water partition coefficient (Wildman–Crippen LogP) is 2.16. The summed E-state index contributed by atoms with van der Waals surface area (Å²) in [7, 11) is 0.